The Labute approximate surface area is 127 Å². The zero-order valence-electron chi connectivity index (χ0n) is 8.88. The minimum atomic E-state index is -0.394. The molecule has 2 rings (SSSR count). The molecule has 2 N–H and O–H groups in total. The average Bonchev–Trinajstić information content (AvgIpc) is 2.30. The van der Waals surface area contributed by atoms with Gasteiger partial charge in [0.05, 0.1) is 9.50 Å². The molecule has 0 saturated heterocycles. The minimum absolute atomic E-state index is 0.358. The van der Waals surface area contributed by atoms with E-state index in [4.69, 9.17) is 28.9 Å². The molecule has 0 fully saturated rings. The summed E-state index contributed by atoms with van der Waals surface area (Å²) in [6.45, 7) is 0. The van der Waals surface area contributed by atoms with E-state index in [0.29, 0.717) is 25.1 Å². The maximum absolute atomic E-state index is 13.3. The fourth-order valence-electron chi connectivity index (χ4n) is 1.31. The van der Waals surface area contributed by atoms with Crippen molar-refractivity contribution in [3.63, 3.8) is 0 Å². The molecule has 0 radical (unpaired) electrons. The van der Waals surface area contributed by atoms with Gasteiger partial charge >= 0.3 is 0 Å². The largest absolute Gasteiger partial charge is 0.398 e. The van der Waals surface area contributed by atoms with Crippen LogP contribution in [0.5, 0.6) is 0 Å². The molecule has 2 aromatic carbocycles. The van der Waals surface area contributed by atoms with E-state index >= 15 is 0 Å². The molecule has 2 aromatic rings. The van der Waals surface area contributed by atoms with Gasteiger partial charge in [-0.1, -0.05) is 35.0 Å². The molecular formula is C12H7BrCl2FNS. The van der Waals surface area contributed by atoms with Gasteiger partial charge in [0.25, 0.3) is 0 Å². The number of hydrogen-bond acceptors (Lipinski definition) is 2. The molecule has 0 heterocycles. The molecule has 1 nitrogen and oxygen atoms in total. The van der Waals surface area contributed by atoms with Crippen molar-refractivity contribution in [1.82, 2.24) is 0 Å². The molecule has 0 aliphatic heterocycles. The summed E-state index contributed by atoms with van der Waals surface area (Å²) in [6.07, 6.45) is 0. The predicted octanol–water partition coefficient (Wildman–Crippen LogP) is 5.63. The van der Waals surface area contributed by atoms with Gasteiger partial charge in [-0.15, -0.1) is 0 Å². The van der Waals surface area contributed by atoms with Gasteiger partial charge in [0.15, 0.2) is 0 Å². The van der Waals surface area contributed by atoms with Gasteiger partial charge in [0.2, 0.25) is 0 Å². The zero-order valence-corrected chi connectivity index (χ0v) is 12.8. The topological polar surface area (TPSA) is 26.0 Å². The first-order chi connectivity index (χ1) is 8.47. The lowest BCUT2D eigenvalue weighted by molar-refractivity contribution is 0.620. The number of nitrogen functional groups attached to an aromatic ring is 1. The molecule has 0 aromatic heterocycles. The Morgan fingerprint density at radius 1 is 1.11 bits per heavy atom. The molecule has 0 unspecified atom stereocenters. The number of nitrogens with two attached hydrogens (primary N) is 1. The highest BCUT2D eigenvalue weighted by Gasteiger charge is 2.10. The number of rotatable bonds is 2. The van der Waals surface area contributed by atoms with Crippen LogP contribution in [-0.4, -0.2) is 0 Å². The summed E-state index contributed by atoms with van der Waals surface area (Å²) in [4.78, 5) is 1.49. The fraction of sp³-hybridized carbons (Fsp3) is 0. The molecule has 18 heavy (non-hydrogen) atoms. The Balaban J connectivity index is 2.40. The Bertz CT molecular complexity index is 607. The van der Waals surface area contributed by atoms with Gasteiger partial charge in [0, 0.05) is 20.5 Å². The first-order valence-electron chi connectivity index (χ1n) is 4.85. The van der Waals surface area contributed by atoms with Crippen molar-refractivity contribution in [2.45, 2.75) is 9.79 Å². The van der Waals surface area contributed by atoms with Crippen LogP contribution in [-0.2, 0) is 0 Å². The average molecular weight is 367 g/mol. The van der Waals surface area contributed by atoms with E-state index in [2.05, 4.69) is 15.9 Å². The lowest BCUT2D eigenvalue weighted by Crippen LogP contribution is -1.91. The highest BCUT2D eigenvalue weighted by molar-refractivity contribution is 9.10. The Kier molecular flexibility index (Phi) is 4.43. The lowest BCUT2D eigenvalue weighted by atomic mass is 10.3. The predicted molar refractivity (Wildman–Crippen MR) is 79.1 cm³/mol. The monoisotopic (exact) mass is 365 g/mol. The molecule has 0 atom stereocenters. The highest BCUT2D eigenvalue weighted by atomic mass is 79.9. The van der Waals surface area contributed by atoms with Crippen LogP contribution in [0.4, 0.5) is 10.1 Å². The van der Waals surface area contributed by atoms with E-state index in [1.807, 2.05) is 0 Å². The smallest absolute Gasteiger partial charge is 0.139 e. The molecule has 0 aliphatic rings. The summed E-state index contributed by atoms with van der Waals surface area (Å²) < 4.78 is 13.6. The van der Waals surface area contributed by atoms with E-state index < -0.39 is 5.82 Å². The van der Waals surface area contributed by atoms with Crippen molar-refractivity contribution >= 4 is 56.6 Å². The molecular weight excluding hydrogens is 360 g/mol. The first-order valence-corrected chi connectivity index (χ1v) is 7.21. The van der Waals surface area contributed by atoms with Crippen LogP contribution in [0.15, 0.2) is 44.6 Å². The SMILES string of the molecule is Nc1cc(F)c(Br)cc1Sc1cc(Cl)ccc1Cl. The van der Waals surface area contributed by atoms with Crippen LogP contribution in [0.1, 0.15) is 0 Å². The summed E-state index contributed by atoms with van der Waals surface area (Å²) in [5.74, 6) is -0.394. The van der Waals surface area contributed by atoms with Gasteiger partial charge < -0.3 is 5.73 Å². The van der Waals surface area contributed by atoms with Gasteiger partial charge in [-0.05, 0) is 46.3 Å². The minimum Gasteiger partial charge on any atom is -0.398 e. The lowest BCUT2D eigenvalue weighted by Gasteiger charge is -2.08. The third-order valence-corrected chi connectivity index (χ3v) is 4.58. The van der Waals surface area contributed by atoms with Crippen molar-refractivity contribution in [3.05, 3.63) is 50.7 Å². The Morgan fingerprint density at radius 2 is 1.83 bits per heavy atom. The van der Waals surface area contributed by atoms with Crippen LogP contribution < -0.4 is 5.73 Å². The van der Waals surface area contributed by atoms with Gasteiger partial charge in [-0.3, -0.25) is 0 Å². The molecule has 0 saturated carbocycles. The number of anilines is 1. The highest BCUT2D eigenvalue weighted by Crippen LogP contribution is 2.39. The Morgan fingerprint density at radius 3 is 2.56 bits per heavy atom. The van der Waals surface area contributed by atoms with E-state index in [1.54, 1.807) is 24.3 Å². The van der Waals surface area contributed by atoms with Crippen molar-refractivity contribution < 1.29 is 4.39 Å². The summed E-state index contributed by atoms with van der Waals surface area (Å²) in [5, 5.41) is 1.16. The van der Waals surface area contributed by atoms with Crippen LogP contribution >= 0.6 is 50.9 Å². The van der Waals surface area contributed by atoms with Crippen LogP contribution in [0, 0.1) is 5.82 Å². The van der Waals surface area contributed by atoms with E-state index in [9.17, 15) is 4.39 Å². The molecule has 0 amide bonds. The quantitative estimate of drug-likeness (QED) is 0.697. The maximum Gasteiger partial charge on any atom is 0.139 e. The summed E-state index contributed by atoms with van der Waals surface area (Å²) in [5.41, 5.74) is 6.13. The molecule has 0 aliphatic carbocycles. The van der Waals surface area contributed by atoms with Crippen molar-refractivity contribution in [3.8, 4) is 0 Å². The van der Waals surface area contributed by atoms with Gasteiger partial charge in [-0.2, -0.15) is 0 Å². The summed E-state index contributed by atoms with van der Waals surface area (Å²) in [6, 6.07) is 8.04. The number of benzene rings is 2. The van der Waals surface area contributed by atoms with E-state index in [-0.39, 0.29) is 0 Å². The van der Waals surface area contributed by atoms with Crippen LogP contribution in [0.25, 0.3) is 0 Å². The molecule has 0 spiro atoms. The van der Waals surface area contributed by atoms with E-state index in [0.717, 1.165) is 4.90 Å². The maximum atomic E-state index is 13.3. The number of halogens is 4. The fourth-order valence-corrected chi connectivity index (χ4v) is 3.21. The zero-order chi connectivity index (χ0) is 13.3. The molecule has 0 bridgehead atoms. The van der Waals surface area contributed by atoms with Crippen LogP contribution in [0.2, 0.25) is 10.0 Å². The van der Waals surface area contributed by atoms with Crippen molar-refractivity contribution in [2.75, 3.05) is 5.73 Å². The van der Waals surface area contributed by atoms with Crippen molar-refractivity contribution in [1.29, 1.82) is 0 Å². The summed E-state index contributed by atoms with van der Waals surface area (Å²) in [7, 11) is 0. The van der Waals surface area contributed by atoms with Crippen molar-refractivity contribution in [2.24, 2.45) is 0 Å². The molecule has 94 valence electrons. The van der Waals surface area contributed by atoms with Gasteiger partial charge in [0.1, 0.15) is 5.82 Å². The second kappa shape index (κ2) is 5.70. The van der Waals surface area contributed by atoms with E-state index in [1.165, 1.54) is 17.8 Å². The van der Waals surface area contributed by atoms with Crippen LogP contribution in [0.3, 0.4) is 0 Å². The summed E-state index contributed by atoms with van der Waals surface area (Å²) >= 11 is 16.4. The second-order valence-corrected chi connectivity index (χ2v) is 6.26. The Hall–Kier alpha value is -0.420. The van der Waals surface area contributed by atoms with Gasteiger partial charge in [-0.25, -0.2) is 4.39 Å². The normalized spacial score (nSPS) is 10.7. The second-order valence-electron chi connectivity index (χ2n) is 3.48. The first kappa shape index (κ1) is 14.0. The number of hydrogen-bond donors (Lipinski definition) is 1. The third-order valence-electron chi connectivity index (χ3n) is 2.17. The molecule has 6 heteroatoms. The standard InChI is InChI=1S/C12H7BrCl2FNS/c13-7-4-12(10(17)5-9(7)16)18-11-3-6(14)1-2-8(11)15/h1-5H,17H2. The third kappa shape index (κ3) is 3.12.